The molecule has 0 aliphatic carbocycles. The Morgan fingerprint density at radius 2 is 1.73 bits per heavy atom. The Morgan fingerprint density at radius 1 is 1.08 bits per heavy atom. The first-order chi connectivity index (χ1) is 12.0. The molecule has 2 rings (SSSR count). The minimum absolute atomic E-state index is 0.131. The third-order valence-electron chi connectivity index (χ3n) is 3.67. The Hall–Kier alpha value is -1.47. The van der Waals surface area contributed by atoms with Gasteiger partial charge in [-0.05, 0) is 49.7 Å². The molecule has 0 radical (unpaired) electrons. The minimum atomic E-state index is -3.81. The van der Waals surface area contributed by atoms with E-state index in [-0.39, 0.29) is 10.7 Å². The second-order valence-electron chi connectivity index (χ2n) is 5.78. The lowest BCUT2D eigenvalue weighted by atomic mass is 10.2. The lowest BCUT2D eigenvalue weighted by Crippen LogP contribution is -2.45. The van der Waals surface area contributed by atoms with E-state index in [4.69, 9.17) is 34.8 Å². The number of hydrogen-bond acceptors (Lipinski definition) is 3. The summed E-state index contributed by atoms with van der Waals surface area (Å²) in [5.74, 6) is -0.536. The molecule has 0 saturated carbocycles. The Kier molecular flexibility index (Phi) is 6.45. The van der Waals surface area contributed by atoms with Crippen LogP contribution >= 0.6 is 34.8 Å². The highest BCUT2D eigenvalue weighted by Gasteiger charge is 2.31. The summed E-state index contributed by atoms with van der Waals surface area (Å²) in [4.78, 5) is 12.6. The van der Waals surface area contributed by atoms with Gasteiger partial charge in [-0.15, -0.1) is 0 Å². The Balaban J connectivity index is 2.37. The van der Waals surface area contributed by atoms with E-state index >= 15 is 0 Å². The first kappa shape index (κ1) is 20.8. The molecule has 140 valence electrons. The predicted octanol–water partition coefficient (Wildman–Crippen LogP) is 4.75. The van der Waals surface area contributed by atoms with E-state index in [1.807, 2.05) is 6.92 Å². The highest BCUT2D eigenvalue weighted by molar-refractivity contribution is 7.92. The van der Waals surface area contributed by atoms with Gasteiger partial charge in [-0.25, -0.2) is 8.42 Å². The number of carbonyl (C=O) groups is 1. The molecule has 26 heavy (non-hydrogen) atoms. The molecule has 0 heterocycles. The van der Waals surface area contributed by atoms with Crippen LogP contribution in [0, 0.1) is 6.92 Å². The third kappa shape index (κ3) is 4.82. The zero-order valence-corrected chi connectivity index (χ0v) is 17.3. The molecule has 0 unspecified atom stereocenters. The first-order valence-electron chi connectivity index (χ1n) is 7.52. The molecular formula is C17H17Cl3N2O3S. The van der Waals surface area contributed by atoms with E-state index < -0.39 is 22.0 Å². The summed E-state index contributed by atoms with van der Waals surface area (Å²) in [5, 5.41) is 3.62. The molecule has 1 N–H and O–H groups in total. The van der Waals surface area contributed by atoms with Crippen molar-refractivity contribution in [3.05, 3.63) is 57.0 Å². The van der Waals surface area contributed by atoms with E-state index in [9.17, 15) is 13.2 Å². The summed E-state index contributed by atoms with van der Waals surface area (Å²) in [5.41, 5.74) is 1.45. The lowest BCUT2D eigenvalue weighted by Gasteiger charge is -2.29. The molecule has 9 heteroatoms. The normalized spacial score (nSPS) is 12.5. The highest BCUT2D eigenvalue weighted by atomic mass is 35.5. The second-order valence-corrected chi connectivity index (χ2v) is 8.89. The van der Waals surface area contributed by atoms with Crippen molar-refractivity contribution in [1.29, 1.82) is 0 Å². The zero-order chi connectivity index (χ0) is 19.6. The van der Waals surface area contributed by atoms with Gasteiger partial charge in [0.05, 0.1) is 17.0 Å². The van der Waals surface area contributed by atoms with Crippen LogP contribution < -0.4 is 9.62 Å². The number of sulfonamides is 1. The molecule has 0 aliphatic heterocycles. The number of halogens is 3. The number of nitrogens with zero attached hydrogens (tertiary/aromatic N) is 1. The largest absolute Gasteiger partial charge is 0.324 e. The summed E-state index contributed by atoms with van der Waals surface area (Å²) < 4.78 is 25.6. The maximum absolute atomic E-state index is 12.6. The van der Waals surface area contributed by atoms with Crippen LogP contribution in [0.3, 0.4) is 0 Å². The fraction of sp³-hybridized carbons (Fsp3) is 0.235. The van der Waals surface area contributed by atoms with Gasteiger partial charge in [-0.1, -0.05) is 40.9 Å². The van der Waals surface area contributed by atoms with Gasteiger partial charge < -0.3 is 5.32 Å². The van der Waals surface area contributed by atoms with Crippen molar-refractivity contribution in [3.8, 4) is 0 Å². The predicted molar refractivity (Wildman–Crippen MR) is 108 cm³/mol. The summed E-state index contributed by atoms with van der Waals surface area (Å²) in [6.45, 7) is 3.30. The van der Waals surface area contributed by atoms with Crippen molar-refractivity contribution in [2.45, 2.75) is 19.9 Å². The smallest absolute Gasteiger partial charge is 0.247 e. The van der Waals surface area contributed by atoms with Gasteiger partial charge >= 0.3 is 0 Å². The average Bonchev–Trinajstić information content (AvgIpc) is 2.53. The molecule has 2 aromatic carbocycles. The minimum Gasteiger partial charge on any atom is -0.324 e. The standard InChI is InChI=1S/C17H17Cl3N2O3S/c1-10-4-6-13(9-15(10)20)21-17(23)11(2)22(26(3,24)25)16-8-12(18)5-7-14(16)19/h4-9,11H,1-3H3,(H,21,23)/t11-/m0/s1. The highest BCUT2D eigenvalue weighted by Crippen LogP contribution is 2.32. The van der Waals surface area contributed by atoms with Crippen LogP contribution in [0.4, 0.5) is 11.4 Å². The van der Waals surface area contributed by atoms with Crippen molar-refractivity contribution in [2.24, 2.45) is 0 Å². The third-order valence-corrected chi connectivity index (χ3v) is 5.86. The van der Waals surface area contributed by atoms with Crippen LogP contribution in [0.1, 0.15) is 12.5 Å². The number of hydrogen-bond donors (Lipinski definition) is 1. The molecule has 0 spiro atoms. The van der Waals surface area contributed by atoms with Crippen molar-refractivity contribution in [2.75, 3.05) is 15.9 Å². The van der Waals surface area contributed by atoms with Gasteiger partial charge in [0, 0.05) is 15.7 Å². The number of anilines is 2. The van der Waals surface area contributed by atoms with Crippen molar-refractivity contribution in [3.63, 3.8) is 0 Å². The lowest BCUT2D eigenvalue weighted by molar-refractivity contribution is -0.116. The van der Waals surface area contributed by atoms with Gasteiger partial charge in [0.1, 0.15) is 6.04 Å². The Morgan fingerprint density at radius 3 is 2.31 bits per heavy atom. The molecule has 0 fully saturated rings. The number of benzene rings is 2. The van der Waals surface area contributed by atoms with Gasteiger partial charge in [-0.3, -0.25) is 9.10 Å². The molecular weight excluding hydrogens is 419 g/mol. The summed E-state index contributed by atoms with van der Waals surface area (Å²) in [6.07, 6.45) is 0.997. The second kappa shape index (κ2) is 8.05. The quantitative estimate of drug-likeness (QED) is 0.737. The van der Waals surface area contributed by atoms with Gasteiger partial charge in [0.15, 0.2) is 0 Å². The van der Waals surface area contributed by atoms with Gasteiger partial charge in [0.25, 0.3) is 0 Å². The number of rotatable bonds is 5. The van der Waals surface area contributed by atoms with Crippen LogP contribution in [0.25, 0.3) is 0 Å². The molecule has 0 aromatic heterocycles. The summed E-state index contributed by atoms with van der Waals surface area (Å²) in [7, 11) is -3.81. The number of amides is 1. The zero-order valence-electron chi connectivity index (χ0n) is 14.3. The van der Waals surface area contributed by atoms with Crippen LogP contribution in [0.5, 0.6) is 0 Å². The fourth-order valence-corrected chi connectivity index (χ4v) is 4.14. The first-order valence-corrected chi connectivity index (χ1v) is 10.5. The monoisotopic (exact) mass is 434 g/mol. The number of aryl methyl sites for hydroxylation is 1. The molecule has 0 saturated heterocycles. The van der Waals surface area contributed by atoms with Crippen LogP contribution in [-0.2, 0) is 14.8 Å². The summed E-state index contributed by atoms with van der Waals surface area (Å²) >= 11 is 18.1. The van der Waals surface area contributed by atoms with Gasteiger partial charge in [0.2, 0.25) is 15.9 Å². The Bertz CT molecular complexity index is 948. The average molecular weight is 436 g/mol. The fourth-order valence-electron chi connectivity index (χ4n) is 2.35. The van der Waals surface area contributed by atoms with Crippen LogP contribution in [-0.4, -0.2) is 26.6 Å². The van der Waals surface area contributed by atoms with E-state index in [1.54, 1.807) is 18.2 Å². The van der Waals surface area contributed by atoms with E-state index in [0.29, 0.717) is 15.7 Å². The molecule has 1 amide bonds. The maximum atomic E-state index is 12.6. The van der Waals surface area contributed by atoms with Crippen molar-refractivity contribution in [1.82, 2.24) is 0 Å². The van der Waals surface area contributed by atoms with Crippen molar-refractivity contribution >= 4 is 62.1 Å². The van der Waals surface area contributed by atoms with Crippen LogP contribution in [0.2, 0.25) is 15.1 Å². The maximum Gasteiger partial charge on any atom is 0.247 e. The number of nitrogens with one attached hydrogen (secondary N) is 1. The SMILES string of the molecule is Cc1ccc(NC(=O)[C@H](C)N(c2cc(Cl)ccc2Cl)S(C)(=O)=O)cc1Cl. The summed E-state index contributed by atoms with van der Waals surface area (Å²) in [6, 6.07) is 8.37. The molecule has 0 bridgehead atoms. The van der Waals surface area contributed by atoms with Crippen molar-refractivity contribution < 1.29 is 13.2 Å². The molecule has 2 aromatic rings. The molecule has 5 nitrogen and oxygen atoms in total. The molecule has 0 aliphatic rings. The topological polar surface area (TPSA) is 66.5 Å². The van der Waals surface area contributed by atoms with Gasteiger partial charge in [-0.2, -0.15) is 0 Å². The molecule has 1 atom stereocenters. The van der Waals surface area contributed by atoms with E-state index in [1.165, 1.54) is 25.1 Å². The van der Waals surface area contributed by atoms with Crippen LogP contribution in [0.15, 0.2) is 36.4 Å². The van der Waals surface area contributed by atoms with E-state index in [2.05, 4.69) is 5.32 Å². The number of carbonyl (C=O) groups excluding carboxylic acids is 1. The Labute approximate surface area is 167 Å². The van der Waals surface area contributed by atoms with E-state index in [0.717, 1.165) is 16.1 Å².